The SMILES string of the molecule is CC[C@@H]1CCN(C(=O)CNC)[C@@H]1C(C)=O.CO.COc1ccc2nc(C(F)(F)CCCCC3CC3)c(=O)[nH]c2c1. The third-order valence-electron chi connectivity index (χ3n) is 7.41. The molecule has 224 valence electrons. The van der Waals surface area contributed by atoms with Crippen LogP contribution in [-0.2, 0) is 15.5 Å². The summed E-state index contributed by atoms with van der Waals surface area (Å²) in [7, 11) is 4.24. The minimum Gasteiger partial charge on any atom is -0.497 e. The van der Waals surface area contributed by atoms with Gasteiger partial charge in [-0.05, 0) is 50.8 Å². The molecule has 0 radical (unpaired) electrons. The number of rotatable bonds is 11. The number of aromatic amines is 1. The fourth-order valence-corrected chi connectivity index (χ4v) is 5.11. The van der Waals surface area contributed by atoms with Crippen LogP contribution in [0.4, 0.5) is 8.78 Å². The van der Waals surface area contributed by atoms with E-state index in [0.29, 0.717) is 35.7 Å². The van der Waals surface area contributed by atoms with Crippen LogP contribution >= 0.6 is 0 Å². The second-order valence-electron chi connectivity index (χ2n) is 10.3. The zero-order valence-corrected chi connectivity index (χ0v) is 24.3. The molecule has 40 heavy (non-hydrogen) atoms. The average molecular weight is 567 g/mol. The Morgan fingerprint density at radius 3 is 2.50 bits per heavy atom. The van der Waals surface area contributed by atoms with Gasteiger partial charge >= 0.3 is 0 Å². The molecule has 0 bridgehead atoms. The molecule has 1 saturated heterocycles. The van der Waals surface area contributed by atoms with Crippen LogP contribution in [0.3, 0.4) is 0 Å². The van der Waals surface area contributed by atoms with E-state index in [2.05, 4.69) is 22.2 Å². The Balaban J connectivity index is 0.000000287. The first-order valence-corrected chi connectivity index (χ1v) is 14.0. The van der Waals surface area contributed by atoms with E-state index in [1.165, 1.54) is 20.0 Å². The summed E-state index contributed by atoms with van der Waals surface area (Å²) in [5.41, 5.74) is -0.805. The van der Waals surface area contributed by atoms with Crippen molar-refractivity contribution in [1.29, 1.82) is 0 Å². The summed E-state index contributed by atoms with van der Waals surface area (Å²) in [5, 5.41) is 9.83. The number of Topliss-reactive ketones (excluding diaryl/α,β-unsaturated/α-hetero) is 1. The maximum atomic E-state index is 14.3. The third-order valence-corrected chi connectivity index (χ3v) is 7.41. The van der Waals surface area contributed by atoms with Gasteiger partial charge in [0.15, 0.2) is 11.5 Å². The van der Waals surface area contributed by atoms with Crippen LogP contribution in [0.25, 0.3) is 11.0 Å². The number of hydrogen-bond acceptors (Lipinski definition) is 7. The van der Waals surface area contributed by atoms with E-state index >= 15 is 0 Å². The number of hydrogen-bond donors (Lipinski definition) is 3. The van der Waals surface area contributed by atoms with Gasteiger partial charge in [-0.25, -0.2) is 4.98 Å². The van der Waals surface area contributed by atoms with Gasteiger partial charge in [-0.2, -0.15) is 8.78 Å². The van der Waals surface area contributed by atoms with Gasteiger partial charge < -0.3 is 25.0 Å². The van der Waals surface area contributed by atoms with Crippen LogP contribution in [0.2, 0.25) is 0 Å². The van der Waals surface area contributed by atoms with Gasteiger partial charge in [0.05, 0.1) is 30.7 Å². The first-order valence-electron chi connectivity index (χ1n) is 14.0. The number of unbranched alkanes of at least 4 members (excludes halogenated alkanes) is 1. The number of methoxy groups -OCH3 is 1. The number of aliphatic hydroxyl groups excluding tert-OH is 1. The largest absolute Gasteiger partial charge is 0.497 e. The number of likely N-dealkylation sites (tertiary alicyclic amines) is 1. The Labute approximate surface area is 234 Å². The van der Waals surface area contributed by atoms with E-state index in [1.807, 2.05) is 0 Å². The molecule has 1 amide bonds. The minimum atomic E-state index is -3.20. The molecule has 2 aromatic rings. The molecular weight excluding hydrogens is 522 g/mol. The van der Waals surface area contributed by atoms with Gasteiger partial charge in [-0.3, -0.25) is 14.4 Å². The number of amides is 1. The van der Waals surface area contributed by atoms with E-state index in [0.717, 1.165) is 45.3 Å². The van der Waals surface area contributed by atoms with Crippen LogP contribution in [0.5, 0.6) is 5.75 Å². The number of nitrogens with zero attached hydrogens (tertiary/aromatic N) is 2. The van der Waals surface area contributed by atoms with Crippen molar-refractivity contribution in [3.63, 3.8) is 0 Å². The molecule has 1 aromatic heterocycles. The molecule has 9 nitrogen and oxygen atoms in total. The number of alkyl halides is 2. The number of ether oxygens (including phenoxy) is 1. The number of nitrogens with one attached hydrogen (secondary N) is 2. The van der Waals surface area contributed by atoms with Crippen LogP contribution < -0.4 is 15.6 Å². The van der Waals surface area contributed by atoms with Crippen molar-refractivity contribution in [3.8, 4) is 5.75 Å². The predicted octanol–water partition coefficient (Wildman–Crippen LogP) is 4.02. The molecule has 0 unspecified atom stereocenters. The molecule has 2 aliphatic rings. The molecule has 1 aliphatic carbocycles. The zero-order chi connectivity index (χ0) is 29.9. The smallest absolute Gasteiger partial charge is 0.295 e. The topological polar surface area (TPSA) is 125 Å². The second kappa shape index (κ2) is 15.8. The van der Waals surface area contributed by atoms with Crippen LogP contribution in [0, 0.1) is 11.8 Å². The lowest BCUT2D eigenvalue weighted by molar-refractivity contribution is -0.137. The summed E-state index contributed by atoms with van der Waals surface area (Å²) in [6.45, 7) is 4.70. The highest BCUT2D eigenvalue weighted by Crippen LogP contribution is 2.36. The Morgan fingerprint density at radius 1 is 1.23 bits per heavy atom. The summed E-state index contributed by atoms with van der Waals surface area (Å²) in [6.07, 6.45) is 6.24. The Kier molecular flexibility index (Phi) is 13.1. The Hall–Kier alpha value is -2.92. The number of ketones is 1. The fourth-order valence-electron chi connectivity index (χ4n) is 5.11. The van der Waals surface area contributed by atoms with E-state index in [4.69, 9.17) is 9.84 Å². The zero-order valence-electron chi connectivity index (χ0n) is 24.3. The monoisotopic (exact) mass is 566 g/mol. The fraction of sp³-hybridized carbons (Fsp3) is 0.655. The second-order valence-corrected chi connectivity index (χ2v) is 10.3. The van der Waals surface area contributed by atoms with Gasteiger partial charge in [-0.1, -0.05) is 39.0 Å². The number of H-pyrrole nitrogens is 1. The molecular formula is C29H44F2N4O5. The first kappa shape index (κ1) is 33.3. The van der Waals surface area contributed by atoms with Gasteiger partial charge in [0.2, 0.25) is 5.91 Å². The van der Waals surface area contributed by atoms with Crippen molar-refractivity contribution < 1.29 is 28.2 Å². The normalized spacial score (nSPS) is 18.4. The molecule has 1 aliphatic heterocycles. The molecule has 11 heteroatoms. The number of carbonyl (C=O) groups excluding carboxylic acids is 2. The average Bonchev–Trinajstić information content (AvgIpc) is 3.66. The number of likely N-dealkylation sites (N-methyl/N-ethyl adjacent to an activating group) is 1. The molecule has 1 aromatic carbocycles. The lowest BCUT2D eigenvalue weighted by atomic mass is 9.95. The molecule has 2 heterocycles. The maximum absolute atomic E-state index is 14.3. The molecule has 2 fully saturated rings. The first-order chi connectivity index (χ1) is 19.1. The van der Waals surface area contributed by atoms with Crippen LogP contribution in [0.15, 0.2) is 23.0 Å². The van der Waals surface area contributed by atoms with Gasteiger partial charge in [0, 0.05) is 26.1 Å². The van der Waals surface area contributed by atoms with E-state index < -0.39 is 17.2 Å². The van der Waals surface area contributed by atoms with Crippen molar-refractivity contribution in [3.05, 3.63) is 34.2 Å². The number of benzene rings is 1. The van der Waals surface area contributed by atoms with Crippen molar-refractivity contribution in [2.75, 3.05) is 34.4 Å². The quantitative estimate of drug-likeness (QED) is 0.351. The number of fused-ring (bicyclic) bond motifs is 1. The molecule has 4 rings (SSSR count). The molecule has 2 atom stereocenters. The maximum Gasteiger partial charge on any atom is 0.295 e. The van der Waals surface area contributed by atoms with Gasteiger partial charge in [0.1, 0.15) is 5.75 Å². The van der Waals surface area contributed by atoms with E-state index in [-0.39, 0.29) is 24.2 Å². The predicted molar refractivity (Wildman–Crippen MR) is 151 cm³/mol. The van der Waals surface area contributed by atoms with Crippen molar-refractivity contribution in [2.24, 2.45) is 11.8 Å². The highest BCUT2D eigenvalue weighted by molar-refractivity contribution is 5.89. The summed E-state index contributed by atoms with van der Waals surface area (Å²) < 4.78 is 33.7. The van der Waals surface area contributed by atoms with Crippen LogP contribution in [0.1, 0.15) is 70.9 Å². The highest BCUT2D eigenvalue weighted by Gasteiger charge is 2.38. The summed E-state index contributed by atoms with van der Waals surface area (Å²) in [6, 6.07) is 4.58. The Bertz CT molecular complexity index is 1170. The number of carbonyl (C=O) groups is 2. The Morgan fingerprint density at radius 2 is 1.93 bits per heavy atom. The van der Waals surface area contributed by atoms with Crippen molar-refractivity contribution in [1.82, 2.24) is 20.2 Å². The lowest BCUT2D eigenvalue weighted by Crippen LogP contribution is -2.45. The van der Waals surface area contributed by atoms with E-state index in [9.17, 15) is 23.2 Å². The third kappa shape index (κ3) is 9.05. The number of aliphatic hydroxyl groups is 1. The summed E-state index contributed by atoms with van der Waals surface area (Å²) >= 11 is 0. The summed E-state index contributed by atoms with van der Waals surface area (Å²) in [5.74, 6) is -1.43. The lowest BCUT2D eigenvalue weighted by Gasteiger charge is -2.25. The molecule has 0 spiro atoms. The van der Waals surface area contributed by atoms with Crippen molar-refractivity contribution >= 4 is 22.7 Å². The van der Waals surface area contributed by atoms with Crippen LogP contribution in [-0.4, -0.2) is 72.1 Å². The number of halogens is 2. The molecule has 3 N–H and O–H groups in total. The van der Waals surface area contributed by atoms with Gasteiger partial charge in [-0.15, -0.1) is 0 Å². The standard InChI is InChI=1S/C17H20F2N2O2.C11H20N2O2.CH4O/c1-23-12-7-8-13-14(10-12)21-16(22)15(20-13)17(18,19)9-3-2-4-11-5-6-11;1-4-9-5-6-13(10(15)7-12-3)11(9)8(2)14;1-2/h7-8,10-11H,2-6,9H2,1H3,(H,21,22);9,11-12H,4-7H2,1-3H3;2H,1H3/t;9-,11-;/m.1./s1. The van der Waals surface area contributed by atoms with Crippen molar-refractivity contribution in [2.45, 2.75) is 77.2 Å². The molecule has 1 saturated carbocycles. The van der Waals surface area contributed by atoms with E-state index in [1.54, 1.807) is 37.1 Å². The van der Waals surface area contributed by atoms with Gasteiger partial charge in [0.25, 0.3) is 11.5 Å². The number of aromatic nitrogens is 2. The minimum absolute atomic E-state index is 0.0358. The summed E-state index contributed by atoms with van der Waals surface area (Å²) in [4.78, 5) is 43.4. The highest BCUT2D eigenvalue weighted by atomic mass is 19.3.